The van der Waals surface area contributed by atoms with E-state index >= 15 is 0 Å². The third-order valence-corrected chi connectivity index (χ3v) is 4.85. The van der Waals surface area contributed by atoms with Crippen molar-refractivity contribution in [1.82, 2.24) is 5.32 Å². The van der Waals surface area contributed by atoms with Crippen LogP contribution in [-0.2, 0) is 0 Å². The van der Waals surface area contributed by atoms with Gasteiger partial charge in [-0.2, -0.15) is 0 Å². The van der Waals surface area contributed by atoms with Crippen molar-refractivity contribution in [2.75, 3.05) is 13.1 Å². The van der Waals surface area contributed by atoms with Gasteiger partial charge in [0.25, 0.3) is 0 Å². The molecule has 1 heterocycles. The Morgan fingerprint density at radius 1 is 1.23 bits per heavy atom. The van der Waals surface area contributed by atoms with E-state index in [4.69, 9.17) is 0 Å². The lowest BCUT2D eigenvalue weighted by atomic mass is 9.61. The van der Waals surface area contributed by atoms with Gasteiger partial charge in [-0.05, 0) is 55.5 Å². The minimum atomic E-state index is 0.686. The summed E-state index contributed by atoms with van der Waals surface area (Å²) < 4.78 is 0. The molecule has 1 aliphatic carbocycles. The lowest BCUT2D eigenvalue weighted by Gasteiger charge is -2.47. The van der Waals surface area contributed by atoms with Crippen molar-refractivity contribution in [3.8, 4) is 0 Å². The molecule has 1 nitrogen and oxygen atoms in total. The lowest BCUT2D eigenvalue weighted by molar-refractivity contribution is 0.0338. The predicted molar refractivity (Wildman–Crippen MR) is 56.6 cm³/mol. The van der Waals surface area contributed by atoms with Crippen molar-refractivity contribution in [1.29, 1.82) is 0 Å². The van der Waals surface area contributed by atoms with Gasteiger partial charge in [0.15, 0.2) is 0 Å². The molecule has 0 radical (unpaired) electrons. The van der Waals surface area contributed by atoms with Crippen LogP contribution in [0.4, 0.5) is 0 Å². The maximum Gasteiger partial charge on any atom is -0.00149 e. The molecular formula is C12H23N. The second-order valence-corrected chi connectivity index (χ2v) is 5.25. The highest BCUT2D eigenvalue weighted by molar-refractivity contribution is 5.03. The van der Waals surface area contributed by atoms with Gasteiger partial charge in [0.05, 0.1) is 0 Å². The SMILES string of the molecule is CCC1(C(C)C)C2CCC1CNC2. The third-order valence-electron chi connectivity index (χ3n) is 4.85. The van der Waals surface area contributed by atoms with Crippen molar-refractivity contribution in [3.63, 3.8) is 0 Å². The molecule has 2 atom stereocenters. The highest BCUT2D eigenvalue weighted by Crippen LogP contribution is 2.55. The minimum absolute atomic E-state index is 0.686. The van der Waals surface area contributed by atoms with Gasteiger partial charge in [0, 0.05) is 0 Å². The first kappa shape index (κ1) is 9.51. The predicted octanol–water partition coefficient (Wildman–Crippen LogP) is 2.67. The molecule has 1 saturated carbocycles. The van der Waals surface area contributed by atoms with E-state index in [0.29, 0.717) is 5.41 Å². The molecule has 1 heteroatoms. The Morgan fingerprint density at radius 3 is 2.08 bits per heavy atom. The summed E-state index contributed by atoms with van der Waals surface area (Å²) in [6.07, 6.45) is 4.34. The minimum Gasteiger partial charge on any atom is -0.316 e. The number of fused-ring (bicyclic) bond motifs is 2. The molecule has 0 aromatic carbocycles. The van der Waals surface area contributed by atoms with E-state index in [9.17, 15) is 0 Å². The van der Waals surface area contributed by atoms with Gasteiger partial charge >= 0.3 is 0 Å². The summed E-state index contributed by atoms with van der Waals surface area (Å²) in [5.74, 6) is 2.81. The second kappa shape index (κ2) is 3.27. The van der Waals surface area contributed by atoms with E-state index < -0.39 is 0 Å². The van der Waals surface area contributed by atoms with E-state index in [1.165, 1.54) is 32.4 Å². The maximum absolute atomic E-state index is 3.59. The molecule has 2 unspecified atom stereocenters. The van der Waals surface area contributed by atoms with Gasteiger partial charge in [0.2, 0.25) is 0 Å². The number of hydrogen-bond donors (Lipinski definition) is 1. The fourth-order valence-corrected chi connectivity index (χ4v) is 4.22. The van der Waals surface area contributed by atoms with Crippen LogP contribution >= 0.6 is 0 Å². The van der Waals surface area contributed by atoms with Gasteiger partial charge < -0.3 is 5.32 Å². The Labute approximate surface area is 82.3 Å². The molecule has 2 fully saturated rings. The van der Waals surface area contributed by atoms with Gasteiger partial charge in [-0.1, -0.05) is 20.8 Å². The van der Waals surface area contributed by atoms with Crippen molar-refractivity contribution in [2.45, 2.75) is 40.0 Å². The normalized spacial score (nSPS) is 44.3. The molecule has 2 aliphatic rings. The van der Waals surface area contributed by atoms with E-state index in [-0.39, 0.29) is 0 Å². The summed E-state index contributed by atoms with van der Waals surface area (Å²) in [6.45, 7) is 9.82. The zero-order valence-electron chi connectivity index (χ0n) is 9.27. The average Bonchev–Trinajstić information content (AvgIpc) is 2.33. The van der Waals surface area contributed by atoms with Gasteiger partial charge in [0.1, 0.15) is 0 Å². The van der Waals surface area contributed by atoms with Crippen LogP contribution in [0.15, 0.2) is 0 Å². The first-order valence-electron chi connectivity index (χ1n) is 5.92. The molecule has 0 amide bonds. The zero-order valence-corrected chi connectivity index (χ0v) is 9.27. The lowest BCUT2D eigenvalue weighted by Crippen LogP contribution is -2.49. The molecule has 13 heavy (non-hydrogen) atoms. The Kier molecular flexibility index (Phi) is 2.39. The van der Waals surface area contributed by atoms with Gasteiger partial charge in [-0.3, -0.25) is 0 Å². The van der Waals surface area contributed by atoms with Crippen LogP contribution in [0.3, 0.4) is 0 Å². The number of piperidine rings is 1. The summed E-state index contributed by atoms with van der Waals surface area (Å²) in [5.41, 5.74) is 0.686. The molecule has 1 N–H and O–H groups in total. The summed E-state index contributed by atoms with van der Waals surface area (Å²) >= 11 is 0. The first-order chi connectivity index (χ1) is 6.21. The van der Waals surface area contributed by atoms with Gasteiger partial charge in [-0.25, -0.2) is 0 Å². The Morgan fingerprint density at radius 2 is 1.77 bits per heavy atom. The van der Waals surface area contributed by atoms with E-state index in [0.717, 1.165) is 17.8 Å². The Balaban J connectivity index is 2.27. The molecule has 2 bridgehead atoms. The van der Waals surface area contributed by atoms with Crippen LogP contribution in [0.25, 0.3) is 0 Å². The molecule has 1 saturated heterocycles. The molecule has 0 aromatic heterocycles. The van der Waals surface area contributed by atoms with Crippen molar-refractivity contribution in [2.24, 2.45) is 23.2 Å². The van der Waals surface area contributed by atoms with E-state index in [1.807, 2.05) is 0 Å². The van der Waals surface area contributed by atoms with E-state index in [2.05, 4.69) is 26.1 Å². The van der Waals surface area contributed by atoms with Crippen molar-refractivity contribution in [3.05, 3.63) is 0 Å². The molecule has 0 aromatic rings. The summed E-state index contributed by atoms with van der Waals surface area (Å²) in [5, 5.41) is 3.59. The van der Waals surface area contributed by atoms with E-state index in [1.54, 1.807) is 0 Å². The number of hydrogen-bond acceptors (Lipinski definition) is 1. The fourth-order valence-electron chi connectivity index (χ4n) is 4.22. The van der Waals surface area contributed by atoms with Crippen molar-refractivity contribution < 1.29 is 0 Å². The maximum atomic E-state index is 3.59. The van der Waals surface area contributed by atoms with Crippen LogP contribution in [0.2, 0.25) is 0 Å². The Bertz CT molecular complexity index is 170. The highest BCUT2D eigenvalue weighted by Gasteiger charge is 2.51. The average molecular weight is 181 g/mol. The largest absolute Gasteiger partial charge is 0.316 e. The fraction of sp³-hybridized carbons (Fsp3) is 1.00. The second-order valence-electron chi connectivity index (χ2n) is 5.25. The third kappa shape index (κ3) is 1.16. The van der Waals surface area contributed by atoms with Crippen molar-refractivity contribution >= 4 is 0 Å². The molecular weight excluding hydrogens is 158 g/mol. The van der Waals surface area contributed by atoms with Gasteiger partial charge in [-0.15, -0.1) is 0 Å². The van der Waals surface area contributed by atoms with Crippen LogP contribution < -0.4 is 5.32 Å². The molecule has 1 aliphatic heterocycles. The summed E-state index contributed by atoms with van der Waals surface area (Å²) in [6, 6.07) is 0. The molecule has 2 rings (SSSR count). The first-order valence-corrected chi connectivity index (χ1v) is 5.92. The van der Waals surface area contributed by atoms with Crippen LogP contribution in [0.5, 0.6) is 0 Å². The molecule has 76 valence electrons. The quantitative estimate of drug-likeness (QED) is 0.690. The zero-order chi connectivity index (χ0) is 9.47. The van der Waals surface area contributed by atoms with Crippen LogP contribution in [-0.4, -0.2) is 13.1 Å². The Hall–Kier alpha value is -0.0400. The topological polar surface area (TPSA) is 12.0 Å². The number of nitrogens with one attached hydrogen (secondary N) is 1. The highest BCUT2D eigenvalue weighted by atomic mass is 14.9. The monoisotopic (exact) mass is 181 g/mol. The smallest absolute Gasteiger partial charge is 0.00149 e. The summed E-state index contributed by atoms with van der Waals surface area (Å²) in [7, 11) is 0. The standard InChI is InChI=1S/C12H23N/c1-4-12(9(2)3)10-5-6-11(12)8-13-7-10/h9-11,13H,4-8H2,1-3H3. The molecule has 0 spiro atoms. The summed E-state index contributed by atoms with van der Waals surface area (Å²) in [4.78, 5) is 0. The van der Waals surface area contributed by atoms with Crippen LogP contribution in [0, 0.1) is 23.2 Å². The van der Waals surface area contributed by atoms with Crippen LogP contribution in [0.1, 0.15) is 40.0 Å². The number of rotatable bonds is 2.